The molecule has 1 aromatic heterocycles. The van der Waals surface area contributed by atoms with Crippen molar-refractivity contribution in [3.05, 3.63) is 53.1 Å². The number of ether oxygens (including phenoxy) is 3. The van der Waals surface area contributed by atoms with Gasteiger partial charge in [0.25, 0.3) is 5.56 Å². The summed E-state index contributed by atoms with van der Waals surface area (Å²) in [6, 6.07) is 10.3. The Morgan fingerprint density at radius 1 is 1.10 bits per heavy atom. The van der Waals surface area contributed by atoms with Crippen LogP contribution in [0, 0.1) is 0 Å². The summed E-state index contributed by atoms with van der Waals surface area (Å²) in [6.45, 7) is 1.22. The van der Waals surface area contributed by atoms with E-state index in [0.717, 1.165) is 12.3 Å². The van der Waals surface area contributed by atoms with E-state index < -0.39 is 0 Å². The first-order valence-electron chi connectivity index (χ1n) is 9.70. The van der Waals surface area contributed by atoms with Gasteiger partial charge in [-0.25, -0.2) is 4.98 Å². The molecule has 0 atom stereocenters. The number of fused-ring (bicyclic) bond motifs is 1. The topological polar surface area (TPSA) is 94.9 Å². The average molecular weight is 426 g/mol. The number of rotatable bonds is 9. The van der Waals surface area contributed by atoms with Crippen LogP contribution in [0.1, 0.15) is 0 Å². The first-order chi connectivity index (χ1) is 14.9. The second kappa shape index (κ2) is 9.94. The number of carbonyl (C=O) groups excluding carboxylic acids is 1. The summed E-state index contributed by atoms with van der Waals surface area (Å²) < 4.78 is 17.4. The Morgan fingerprint density at radius 3 is 2.42 bits per heavy atom. The minimum atomic E-state index is -0.343. The van der Waals surface area contributed by atoms with E-state index in [-0.39, 0.29) is 18.0 Å². The van der Waals surface area contributed by atoms with Crippen molar-refractivity contribution in [1.29, 1.82) is 0 Å². The van der Waals surface area contributed by atoms with Gasteiger partial charge in [0, 0.05) is 18.3 Å². The van der Waals surface area contributed by atoms with Crippen molar-refractivity contribution in [2.45, 2.75) is 6.54 Å². The Balaban J connectivity index is 1.69. The minimum Gasteiger partial charge on any atom is -0.493 e. The zero-order chi connectivity index (χ0) is 22.4. The van der Waals surface area contributed by atoms with Crippen LogP contribution in [0.2, 0.25) is 0 Å². The Labute approximate surface area is 180 Å². The van der Waals surface area contributed by atoms with Gasteiger partial charge in [-0.05, 0) is 44.4 Å². The number of hydrogen-bond acceptors (Lipinski definition) is 7. The number of likely N-dealkylation sites (N-methyl/N-ethyl adjacent to an activating group) is 1. The normalized spacial score (nSPS) is 10.9. The van der Waals surface area contributed by atoms with Gasteiger partial charge >= 0.3 is 0 Å². The molecule has 0 saturated heterocycles. The summed E-state index contributed by atoms with van der Waals surface area (Å²) in [4.78, 5) is 31.5. The molecule has 9 nitrogen and oxygen atoms in total. The van der Waals surface area contributed by atoms with Gasteiger partial charge < -0.3 is 24.4 Å². The molecule has 0 radical (unpaired) electrons. The van der Waals surface area contributed by atoms with Crippen LogP contribution < -0.4 is 25.1 Å². The molecular weight excluding hydrogens is 400 g/mol. The van der Waals surface area contributed by atoms with Crippen molar-refractivity contribution in [2.75, 3.05) is 46.8 Å². The van der Waals surface area contributed by atoms with Crippen molar-refractivity contribution < 1.29 is 19.0 Å². The summed E-state index contributed by atoms with van der Waals surface area (Å²) in [6.07, 6.45) is 1.35. The number of aromatic nitrogens is 2. The third-order valence-corrected chi connectivity index (χ3v) is 4.59. The van der Waals surface area contributed by atoms with Crippen molar-refractivity contribution in [1.82, 2.24) is 14.5 Å². The Kier molecular flexibility index (Phi) is 7.09. The van der Waals surface area contributed by atoms with E-state index in [1.165, 1.54) is 25.1 Å². The molecule has 1 amide bonds. The monoisotopic (exact) mass is 426 g/mol. The molecule has 0 fully saturated rings. The first kappa shape index (κ1) is 22.1. The Hall–Kier alpha value is -3.59. The molecule has 31 heavy (non-hydrogen) atoms. The Bertz CT molecular complexity index is 1110. The standard InChI is InChI=1S/C22H26N4O5/c1-25(2)9-10-31-16-7-5-15(6-8-16)24-21(27)13-26-14-23-18-12-20(30-4)19(29-3)11-17(18)22(26)28/h5-8,11-12,14H,9-10,13H2,1-4H3,(H,24,27). The van der Waals surface area contributed by atoms with Gasteiger partial charge in [-0.3, -0.25) is 14.2 Å². The van der Waals surface area contributed by atoms with Crippen LogP contribution in [-0.2, 0) is 11.3 Å². The van der Waals surface area contributed by atoms with E-state index in [1.807, 2.05) is 19.0 Å². The van der Waals surface area contributed by atoms with Crippen molar-refractivity contribution in [2.24, 2.45) is 0 Å². The lowest BCUT2D eigenvalue weighted by atomic mass is 10.2. The molecule has 164 valence electrons. The molecule has 0 bridgehead atoms. The molecule has 0 aliphatic heterocycles. The molecule has 2 aromatic carbocycles. The average Bonchev–Trinajstić information content (AvgIpc) is 2.76. The fraction of sp³-hybridized carbons (Fsp3) is 0.318. The SMILES string of the molecule is COc1cc2ncn(CC(=O)Nc3ccc(OCCN(C)C)cc3)c(=O)c2cc1OC. The molecule has 0 saturated carbocycles. The molecule has 0 unspecified atom stereocenters. The molecule has 0 aliphatic rings. The lowest BCUT2D eigenvalue weighted by Crippen LogP contribution is -2.28. The maximum atomic E-state index is 12.8. The number of methoxy groups -OCH3 is 2. The summed E-state index contributed by atoms with van der Waals surface area (Å²) in [5.74, 6) is 1.28. The highest BCUT2D eigenvalue weighted by Crippen LogP contribution is 2.29. The summed E-state index contributed by atoms with van der Waals surface area (Å²) >= 11 is 0. The number of nitrogens with one attached hydrogen (secondary N) is 1. The number of anilines is 1. The minimum absolute atomic E-state index is 0.169. The highest BCUT2D eigenvalue weighted by Gasteiger charge is 2.13. The van der Waals surface area contributed by atoms with E-state index >= 15 is 0 Å². The van der Waals surface area contributed by atoms with Gasteiger partial charge in [0.1, 0.15) is 18.9 Å². The smallest absolute Gasteiger partial charge is 0.261 e. The van der Waals surface area contributed by atoms with Crippen LogP contribution in [0.4, 0.5) is 5.69 Å². The summed E-state index contributed by atoms with van der Waals surface area (Å²) in [5.41, 5.74) is 0.730. The Morgan fingerprint density at radius 2 is 1.77 bits per heavy atom. The number of amides is 1. The molecule has 1 heterocycles. The summed E-state index contributed by atoms with van der Waals surface area (Å²) in [7, 11) is 6.96. The van der Waals surface area contributed by atoms with Gasteiger partial charge in [-0.15, -0.1) is 0 Å². The molecule has 9 heteroatoms. The lowest BCUT2D eigenvalue weighted by Gasteiger charge is -2.12. The van der Waals surface area contributed by atoms with Gasteiger partial charge in [-0.1, -0.05) is 0 Å². The predicted molar refractivity (Wildman–Crippen MR) is 118 cm³/mol. The number of carbonyl (C=O) groups is 1. The maximum absolute atomic E-state index is 12.8. The molecular formula is C22H26N4O5. The molecule has 0 spiro atoms. The van der Waals surface area contributed by atoms with E-state index in [1.54, 1.807) is 36.4 Å². The van der Waals surface area contributed by atoms with E-state index in [2.05, 4.69) is 10.3 Å². The van der Waals surface area contributed by atoms with Crippen LogP contribution >= 0.6 is 0 Å². The molecule has 1 N–H and O–H groups in total. The number of nitrogens with zero attached hydrogens (tertiary/aromatic N) is 3. The van der Waals surface area contributed by atoms with E-state index in [4.69, 9.17) is 14.2 Å². The largest absolute Gasteiger partial charge is 0.493 e. The van der Waals surface area contributed by atoms with Gasteiger partial charge in [-0.2, -0.15) is 0 Å². The number of benzene rings is 2. The molecule has 3 aromatic rings. The second-order valence-electron chi connectivity index (χ2n) is 7.13. The van der Waals surface area contributed by atoms with Gasteiger partial charge in [0.05, 0.1) is 31.4 Å². The van der Waals surface area contributed by atoms with Crippen molar-refractivity contribution >= 4 is 22.5 Å². The predicted octanol–water partition coefficient (Wildman–Crippen LogP) is 1.99. The van der Waals surface area contributed by atoms with E-state index in [9.17, 15) is 9.59 Å². The van der Waals surface area contributed by atoms with Crippen molar-refractivity contribution in [3.63, 3.8) is 0 Å². The van der Waals surface area contributed by atoms with Gasteiger partial charge in [0.2, 0.25) is 5.91 Å². The first-order valence-corrected chi connectivity index (χ1v) is 9.70. The van der Waals surface area contributed by atoms with Gasteiger partial charge in [0.15, 0.2) is 11.5 Å². The summed E-state index contributed by atoms with van der Waals surface area (Å²) in [5, 5.41) is 3.11. The van der Waals surface area contributed by atoms with Crippen LogP contribution in [0.15, 0.2) is 47.5 Å². The zero-order valence-corrected chi connectivity index (χ0v) is 18.0. The zero-order valence-electron chi connectivity index (χ0n) is 18.0. The van der Waals surface area contributed by atoms with Crippen LogP contribution in [-0.4, -0.2) is 61.8 Å². The molecule has 3 rings (SSSR count). The molecule has 0 aliphatic carbocycles. The fourth-order valence-corrected chi connectivity index (χ4v) is 2.93. The van der Waals surface area contributed by atoms with Crippen molar-refractivity contribution in [3.8, 4) is 17.2 Å². The second-order valence-corrected chi connectivity index (χ2v) is 7.13. The van der Waals surface area contributed by atoms with Crippen LogP contribution in [0.5, 0.6) is 17.2 Å². The van der Waals surface area contributed by atoms with Crippen LogP contribution in [0.3, 0.4) is 0 Å². The third-order valence-electron chi connectivity index (χ3n) is 4.59. The maximum Gasteiger partial charge on any atom is 0.261 e. The fourth-order valence-electron chi connectivity index (χ4n) is 2.93. The number of hydrogen-bond donors (Lipinski definition) is 1. The van der Waals surface area contributed by atoms with Crippen LogP contribution in [0.25, 0.3) is 10.9 Å². The highest BCUT2D eigenvalue weighted by molar-refractivity contribution is 5.91. The quantitative estimate of drug-likeness (QED) is 0.559. The highest BCUT2D eigenvalue weighted by atomic mass is 16.5. The lowest BCUT2D eigenvalue weighted by molar-refractivity contribution is -0.116. The van der Waals surface area contributed by atoms with E-state index in [0.29, 0.717) is 34.7 Å². The third kappa shape index (κ3) is 5.52.